The Labute approximate surface area is 167 Å². The first kappa shape index (κ1) is 26.4. The lowest BCUT2D eigenvalue weighted by Gasteiger charge is -2.12. The van der Waals surface area contributed by atoms with E-state index in [-0.39, 0.29) is 12.6 Å². The molecule has 0 amide bonds. The lowest BCUT2D eigenvalue weighted by atomic mass is 10.1. The Morgan fingerprint density at radius 1 is 0.852 bits per heavy atom. The van der Waals surface area contributed by atoms with E-state index in [0.717, 1.165) is 12.8 Å². The molecule has 27 heavy (non-hydrogen) atoms. The molecule has 0 rings (SSSR count). The van der Waals surface area contributed by atoms with E-state index in [9.17, 15) is 9.36 Å². The molecule has 0 saturated carbocycles. The Kier molecular flexibility index (Phi) is 18.3. The average molecular weight is 403 g/mol. The molecular formula is C22H43O4P. The molecular weight excluding hydrogens is 359 g/mol. The van der Waals surface area contributed by atoms with Crippen LogP contribution in [0.4, 0.5) is 0 Å². The summed E-state index contributed by atoms with van der Waals surface area (Å²) in [6.07, 6.45) is 22.4. The van der Waals surface area contributed by atoms with E-state index in [1.807, 2.05) is 0 Å². The molecule has 5 heteroatoms. The van der Waals surface area contributed by atoms with E-state index in [1.165, 1.54) is 83.7 Å². The molecule has 0 aromatic carbocycles. The van der Waals surface area contributed by atoms with Crippen LogP contribution < -0.4 is 0 Å². The van der Waals surface area contributed by atoms with E-state index >= 15 is 0 Å². The van der Waals surface area contributed by atoms with Gasteiger partial charge in [-0.05, 0) is 32.1 Å². The number of carbonyl (C=O) groups is 1. The van der Waals surface area contributed by atoms with Crippen LogP contribution >= 0.6 is 7.37 Å². The smallest absolute Gasteiger partial charge is 0.303 e. The van der Waals surface area contributed by atoms with Crippen LogP contribution in [0.3, 0.4) is 0 Å². The highest BCUT2D eigenvalue weighted by Crippen LogP contribution is 2.43. The number of carboxylic acid groups (broad SMARTS) is 1. The number of allylic oxidation sites excluding steroid dienone is 2. The minimum atomic E-state index is -2.72. The van der Waals surface area contributed by atoms with E-state index in [0.29, 0.717) is 6.61 Å². The summed E-state index contributed by atoms with van der Waals surface area (Å²) < 4.78 is 17.4. The summed E-state index contributed by atoms with van der Waals surface area (Å²) in [5, 5.41) is 8.62. The summed E-state index contributed by atoms with van der Waals surface area (Å²) in [6, 6.07) is 0. The number of carboxylic acids is 1. The predicted octanol–water partition coefficient (Wildman–Crippen LogP) is 7.42. The van der Waals surface area contributed by atoms with Gasteiger partial charge in [0.2, 0.25) is 7.37 Å². The first-order valence-corrected chi connectivity index (χ1v) is 13.3. The van der Waals surface area contributed by atoms with Crippen molar-refractivity contribution in [1.29, 1.82) is 0 Å². The maximum Gasteiger partial charge on any atom is 0.303 e. The highest BCUT2D eigenvalue weighted by molar-refractivity contribution is 7.58. The van der Waals surface area contributed by atoms with Crippen LogP contribution in [0.15, 0.2) is 12.2 Å². The lowest BCUT2D eigenvalue weighted by Crippen LogP contribution is -2.02. The topological polar surface area (TPSA) is 63.6 Å². The fourth-order valence-corrected chi connectivity index (χ4v) is 4.21. The molecule has 1 atom stereocenters. The molecule has 0 aromatic rings. The molecule has 0 fully saturated rings. The summed E-state index contributed by atoms with van der Waals surface area (Å²) in [4.78, 5) is 10.5. The van der Waals surface area contributed by atoms with Gasteiger partial charge in [-0.15, -0.1) is 0 Å². The molecule has 0 spiro atoms. The Hall–Kier alpha value is -0.600. The molecule has 1 N–H and O–H groups in total. The second-order valence-corrected chi connectivity index (χ2v) is 10.4. The second kappa shape index (κ2) is 18.7. The van der Waals surface area contributed by atoms with Gasteiger partial charge in [0.05, 0.1) is 13.0 Å². The Bertz CT molecular complexity index is 421. The number of hydrogen-bond acceptors (Lipinski definition) is 3. The summed E-state index contributed by atoms with van der Waals surface area (Å²) in [7, 11) is -2.72. The largest absolute Gasteiger partial charge is 0.481 e. The monoisotopic (exact) mass is 402 g/mol. The average Bonchev–Trinajstić information content (AvgIpc) is 2.62. The normalized spacial score (nSPS) is 13.9. The van der Waals surface area contributed by atoms with Gasteiger partial charge < -0.3 is 9.63 Å². The summed E-state index contributed by atoms with van der Waals surface area (Å²) >= 11 is 0. The van der Waals surface area contributed by atoms with E-state index in [1.54, 1.807) is 0 Å². The highest BCUT2D eigenvalue weighted by atomic mass is 31.2. The lowest BCUT2D eigenvalue weighted by molar-refractivity contribution is -0.136. The Morgan fingerprint density at radius 2 is 1.33 bits per heavy atom. The zero-order valence-electron chi connectivity index (χ0n) is 17.8. The van der Waals surface area contributed by atoms with Crippen molar-refractivity contribution >= 4 is 13.3 Å². The fraction of sp³-hybridized carbons (Fsp3) is 0.864. The van der Waals surface area contributed by atoms with Gasteiger partial charge in [0.15, 0.2) is 0 Å². The van der Waals surface area contributed by atoms with Crippen LogP contribution in [0.5, 0.6) is 0 Å². The quantitative estimate of drug-likeness (QED) is 0.131. The SMILES string of the molecule is CCCCCCCCC=CCCCCCCCCOP(C)(=O)CCC(=O)O. The van der Waals surface area contributed by atoms with Crippen molar-refractivity contribution in [3.8, 4) is 0 Å². The number of unbranched alkanes of at least 4 members (excludes halogenated alkanes) is 12. The van der Waals surface area contributed by atoms with Crippen molar-refractivity contribution in [2.45, 2.75) is 103 Å². The third-order valence-electron chi connectivity index (χ3n) is 4.75. The summed E-state index contributed by atoms with van der Waals surface area (Å²) in [5.74, 6) is -0.919. The standard InChI is InChI=1S/C22H43O4P/c1-3-4-5-6-7-8-9-10-11-12-13-14-15-16-17-18-20-26-27(2,25)21-19-22(23)24/h10-11H,3-9,12-21H2,1-2H3,(H,23,24). The van der Waals surface area contributed by atoms with Gasteiger partial charge in [0, 0.05) is 12.8 Å². The van der Waals surface area contributed by atoms with Gasteiger partial charge in [-0.1, -0.05) is 76.9 Å². The van der Waals surface area contributed by atoms with Crippen LogP contribution in [-0.4, -0.2) is 30.5 Å². The van der Waals surface area contributed by atoms with Crippen LogP contribution in [0.25, 0.3) is 0 Å². The first-order valence-electron chi connectivity index (χ1n) is 11.1. The van der Waals surface area contributed by atoms with Gasteiger partial charge in [-0.25, -0.2) is 0 Å². The van der Waals surface area contributed by atoms with Crippen molar-refractivity contribution < 1.29 is 19.0 Å². The zero-order chi connectivity index (χ0) is 20.2. The molecule has 0 bridgehead atoms. The van der Waals surface area contributed by atoms with Crippen LogP contribution in [0.2, 0.25) is 0 Å². The first-order chi connectivity index (χ1) is 13.0. The van der Waals surface area contributed by atoms with Crippen molar-refractivity contribution in [1.82, 2.24) is 0 Å². The molecule has 0 aliphatic carbocycles. The Balaban J connectivity index is 3.30. The second-order valence-electron chi connectivity index (χ2n) is 7.65. The zero-order valence-corrected chi connectivity index (χ0v) is 18.7. The van der Waals surface area contributed by atoms with E-state index in [2.05, 4.69) is 19.1 Å². The van der Waals surface area contributed by atoms with Gasteiger partial charge in [0.25, 0.3) is 0 Å². The van der Waals surface area contributed by atoms with E-state index < -0.39 is 13.3 Å². The molecule has 0 radical (unpaired) electrons. The minimum absolute atomic E-state index is 0.0822. The molecule has 1 unspecified atom stereocenters. The van der Waals surface area contributed by atoms with Gasteiger partial charge in [-0.3, -0.25) is 9.36 Å². The predicted molar refractivity (Wildman–Crippen MR) is 116 cm³/mol. The number of hydrogen-bond donors (Lipinski definition) is 1. The van der Waals surface area contributed by atoms with Gasteiger partial charge in [0.1, 0.15) is 0 Å². The Morgan fingerprint density at radius 3 is 1.85 bits per heavy atom. The summed E-state index contributed by atoms with van der Waals surface area (Å²) in [5.41, 5.74) is 0. The van der Waals surface area contributed by atoms with Crippen LogP contribution in [0, 0.1) is 0 Å². The maximum absolute atomic E-state index is 12.0. The van der Waals surface area contributed by atoms with Gasteiger partial charge in [-0.2, -0.15) is 0 Å². The van der Waals surface area contributed by atoms with Crippen molar-refractivity contribution in [2.24, 2.45) is 0 Å². The molecule has 0 heterocycles. The fourth-order valence-electron chi connectivity index (χ4n) is 2.97. The molecule has 0 aliphatic heterocycles. The molecule has 0 saturated heterocycles. The molecule has 0 aromatic heterocycles. The van der Waals surface area contributed by atoms with E-state index in [4.69, 9.17) is 9.63 Å². The third kappa shape index (κ3) is 21.6. The molecule has 4 nitrogen and oxygen atoms in total. The minimum Gasteiger partial charge on any atom is -0.481 e. The third-order valence-corrected chi connectivity index (χ3v) is 6.52. The van der Waals surface area contributed by atoms with Gasteiger partial charge >= 0.3 is 5.97 Å². The van der Waals surface area contributed by atoms with Crippen molar-refractivity contribution in [3.05, 3.63) is 12.2 Å². The molecule has 0 aliphatic rings. The van der Waals surface area contributed by atoms with Crippen LogP contribution in [0.1, 0.15) is 103 Å². The van der Waals surface area contributed by atoms with Crippen molar-refractivity contribution in [3.63, 3.8) is 0 Å². The summed E-state index contributed by atoms with van der Waals surface area (Å²) in [6.45, 7) is 4.28. The number of aliphatic carboxylic acids is 1. The maximum atomic E-state index is 12.0. The number of rotatable bonds is 20. The van der Waals surface area contributed by atoms with Crippen molar-refractivity contribution in [2.75, 3.05) is 19.4 Å². The highest BCUT2D eigenvalue weighted by Gasteiger charge is 2.17. The molecule has 160 valence electrons. The van der Waals surface area contributed by atoms with Crippen LogP contribution in [-0.2, 0) is 13.9 Å².